The summed E-state index contributed by atoms with van der Waals surface area (Å²) >= 11 is 14.6. The average molecular weight is 722 g/mol. The lowest BCUT2D eigenvalue weighted by Gasteiger charge is -2.20. The van der Waals surface area contributed by atoms with E-state index < -0.39 is 0 Å². The van der Waals surface area contributed by atoms with Crippen LogP contribution in [0.1, 0.15) is 0 Å². The molecule has 0 atom stereocenters. The van der Waals surface area contributed by atoms with Gasteiger partial charge in [-0.05, 0) is 127 Å². The number of hydrogen-bond donors (Lipinski definition) is 0. The summed E-state index contributed by atoms with van der Waals surface area (Å²) in [5.41, 5.74) is 0.000196. The third-order valence-electron chi connectivity index (χ3n) is 7.55. The number of rotatable bonds is 0. The van der Waals surface area contributed by atoms with E-state index in [0.29, 0.717) is 21.5 Å². The van der Waals surface area contributed by atoms with E-state index in [0.717, 1.165) is 71.8 Å². The standard InChI is InChI=1S/C30H10Br4O2/c31-18-3-1-2-13-16-9-12-10-20(33)27-25-17(14-6-7-19(32)28(34)26(14)30(27)36)8-11-4-5-15(29(35)24(13)18)23(16)21(11)22(12)25/h1-10H. The van der Waals surface area contributed by atoms with Crippen molar-refractivity contribution in [3.63, 3.8) is 0 Å². The molecule has 6 heteroatoms. The van der Waals surface area contributed by atoms with Gasteiger partial charge in [-0.2, -0.15) is 0 Å². The van der Waals surface area contributed by atoms with E-state index in [1.54, 1.807) is 0 Å². The van der Waals surface area contributed by atoms with Crippen molar-refractivity contribution >= 4 is 139 Å². The minimum atomic E-state index is -0.0200. The van der Waals surface area contributed by atoms with Crippen molar-refractivity contribution in [2.75, 3.05) is 0 Å². The quantitative estimate of drug-likeness (QED) is 0.115. The fraction of sp³-hybridized carbons (Fsp3) is 0. The van der Waals surface area contributed by atoms with Gasteiger partial charge in [-0.3, -0.25) is 9.59 Å². The monoisotopic (exact) mass is 718 g/mol. The van der Waals surface area contributed by atoms with Gasteiger partial charge in [0.05, 0.1) is 0 Å². The van der Waals surface area contributed by atoms with Crippen molar-refractivity contribution in [3.05, 3.63) is 99.0 Å². The van der Waals surface area contributed by atoms with Gasteiger partial charge >= 0.3 is 0 Å². The Morgan fingerprint density at radius 3 is 1.94 bits per heavy atom. The van der Waals surface area contributed by atoms with E-state index in [1.165, 1.54) is 0 Å². The first-order valence-corrected chi connectivity index (χ1v) is 14.4. The zero-order chi connectivity index (χ0) is 24.6. The third kappa shape index (κ3) is 2.47. The lowest BCUT2D eigenvalue weighted by atomic mass is 9.84. The van der Waals surface area contributed by atoms with Gasteiger partial charge in [0.15, 0.2) is 10.9 Å². The minimum Gasteiger partial charge on any atom is -0.289 e. The molecule has 0 heterocycles. The maximum Gasteiger partial charge on any atom is 0.196 e. The van der Waals surface area contributed by atoms with Crippen molar-refractivity contribution in [1.29, 1.82) is 0 Å². The summed E-state index contributed by atoms with van der Waals surface area (Å²) < 4.78 is 3.17. The maximum absolute atomic E-state index is 13.9. The Balaban J connectivity index is 1.79. The Hall–Kier alpha value is -2.38. The summed E-state index contributed by atoms with van der Waals surface area (Å²) in [6.45, 7) is 0. The average Bonchev–Trinajstić information content (AvgIpc) is 2.86. The number of benzene rings is 8. The van der Waals surface area contributed by atoms with Crippen LogP contribution in [0.5, 0.6) is 0 Å². The molecule has 0 spiro atoms. The van der Waals surface area contributed by atoms with E-state index in [-0.39, 0.29) is 10.9 Å². The summed E-state index contributed by atoms with van der Waals surface area (Å²) in [5.74, 6) is 0. The number of fused-ring (bicyclic) bond motifs is 4. The fourth-order valence-electron chi connectivity index (χ4n) is 6.14. The summed E-state index contributed by atoms with van der Waals surface area (Å²) in [6.07, 6.45) is 0. The van der Waals surface area contributed by atoms with Crippen LogP contribution in [0.4, 0.5) is 0 Å². The smallest absolute Gasteiger partial charge is 0.196 e. The van der Waals surface area contributed by atoms with Crippen molar-refractivity contribution in [3.8, 4) is 0 Å². The summed E-state index contributed by atoms with van der Waals surface area (Å²) in [7, 11) is 0. The molecule has 0 unspecified atom stereocenters. The van der Waals surface area contributed by atoms with Gasteiger partial charge in [0.2, 0.25) is 0 Å². The molecule has 0 saturated heterocycles. The zero-order valence-electron chi connectivity index (χ0n) is 18.1. The van der Waals surface area contributed by atoms with Crippen LogP contribution in [0.2, 0.25) is 0 Å². The SMILES string of the molecule is O=c1c2ccc3cc4c5ccc(Br)c(Br)c5c(=O)c5c(Br)cc6cc(c7cccc(Br)c17)c2c3c6c54. The topological polar surface area (TPSA) is 34.1 Å². The number of halogens is 4. The van der Waals surface area contributed by atoms with Crippen LogP contribution in [0.3, 0.4) is 0 Å². The molecule has 36 heavy (non-hydrogen) atoms. The molecule has 8 aromatic carbocycles. The van der Waals surface area contributed by atoms with E-state index >= 15 is 0 Å². The molecule has 8 aromatic rings. The molecule has 0 saturated carbocycles. The van der Waals surface area contributed by atoms with E-state index in [9.17, 15) is 9.59 Å². The molecule has 0 fully saturated rings. The Bertz CT molecular complexity index is 2400. The molecule has 0 N–H and O–H groups in total. The van der Waals surface area contributed by atoms with Crippen LogP contribution in [-0.4, -0.2) is 0 Å². The Morgan fingerprint density at radius 2 is 1.11 bits per heavy atom. The molecule has 0 radical (unpaired) electrons. The third-order valence-corrected chi connectivity index (χ3v) is 10.9. The second-order valence-corrected chi connectivity index (χ2v) is 12.6. The molecular weight excluding hydrogens is 712 g/mol. The fourth-order valence-corrected chi connectivity index (χ4v) is 8.17. The molecule has 8 rings (SSSR count). The molecule has 0 aliphatic heterocycles. The minimum absolute atomic E-state index is 0.0200. The van der Waals surface area contributed by atoms with E-state index in [2.05, 4.69) is 75.9 Å². The summed E-state index contributed by atoms with van der Waals surface area (Å²) in [5, 5.41) is 12.7. The highest BCUT2D eigenvalue weighted by molar-refractivity contribution is 9.13. The first-order chi connectivity index (χ1) is 17.4. The molecule has 0 aliphatic rings. The summed E-state index contributed by atoms with van der Waals surface area (Å²) in [6, 6.07) is 20.3. The predicted molar refractivity (Wildman–Crippen MR) is 166 cm³/mol. The van der Waals surface area contributed by atoms with Crippen molar-refractivity contribution < 1.29 is 0 Å². The van der Waals surface area contributed by atoms with Crippen molar-refractivity contribution in [2.24, 2.45) is 0 Å². The van der Waals surface area contributed by atoms with E-state index in [4.69, 9.17) is 0 Å². The van der Waals surface area contributed by atoms with Gasteiger partial charge in [-0.15, -0.1) is 0 Å². The highest BCUT2D eigenvalue weighted by Gasteiger charge is 2.24. The number of hydrogen-bond acceptors (Lipinski definition) is 2. The highest BCUT2D eigenvalue weighted by atomic mass is 79.9. The second kappa shape index (κ2) is 7.13. The Morgan fingerprint density at radius 1 is 0.417 bits per heavy atom. The first-order valence-electron chi connectivity index (χ1n) is 11.2. The Labute approximate surface area is 236 Å². The first kappa shape index (κ1) is 21.7. The van der Waals surface area contributed by atoms with Crippen LogP contribution in [0, 0.1) is 0 Å². The van der Waals surface area contributed by atoms with Gasteiger partial charge in [-0.1, -0.05) is 40.2 Å². The second-order valence-electron chi connectivity index (χ2n) is 9.25. The normalized spacial score (nSPS) is 12.7. The van der Waals surface area contributed by atoms with Crippen LogP contribution >= 0.6 is 63.7 Å². The molecule has 2 nitrogen and oxygen atoms in total. The predicted octanol–water partition coefficient (Wildman–Crippen LogP) is 9.84. The van der Waals surface area contributed by atoms with Gasteiger partial charge < -0.3 is 0 Å². The molecule has 0 aliphatic carbocycles. The highest BCUT2D eigenvalue weighted by Crippen LogP contribution is 2.48. The van der Waals surface area contributed by atoms with Gasteiger partial charge in [0, 0.05) is 50.2 Å². The lowest BCUT2D eigenvalue weighted by Crippen LogP contribution is -2.07. The molecule has 0 aromatic heterocycles. The van der Waals surface area contributed by atoms with Crippen molar-refractivity contribution in [1.82, 2.24) is 0 Å². The lowest BCUT2D eigenvalue weighted by molar-refractivity contribution is 1.64. The maximum atomic E-state index is 13.9. The van der Waals surface area contributed by atoms with Crippen LogP contribution in [-0.2, 0) is 0 Å². The van der Waals surface area contributed by atoms with Crippen molar-refractivity contribution in [2.45, 2.75) is 0 Å². The van der Waals surface area contributed by atoms with Crippen LogP contribution in [0.25, 0.3) is 75.4 Å². The molecule has 0 bridgehead atoms. The van der Waals surface area contributed by atoms with Gasteiger partial charge in [-0.25, -0.2) is 0 Å². The largest absolute Gasteiger partial charge is 0.289 e. The Kier molecular flexibility index (Phi) is 4.30. The molecule has 170 valence electrons. The van der Waals surface area contributed by atoms with Crippen LogP contribution in [0.15, 0.2) is 88.1 Å². The zero-order valence-corrected chi connectivity index (χ0v) is 24.4. The van der Waals surface area contributed by atoms with Gasteiger partial charge in [0.25, 0.3) is 0 Å². The molecule has 0 amide bonds. The van der Waals surface area contributed by atoms with Crippen LogP contribution < -0.4 is 10.9 Å². The summed E-state index contributed by atoms with van der Waals surface area (Å²) in [4.78, 5) is 27.6. The van der Waals surface area contributed by atoms with E-state index in [1.807, 2.05) is 48.5 Å². The van der Waals surface area contributed by atoms with Gasteiger partial charge in [0.1, 0.15) is 0 Å². The molecular formula is C30H10Br4O2.